The Morgan fingerprint density at radius 2 is 1.68 bits per heavy atom. The number of carbonyl (C=O) groups excluding carboxylic acids is 4. The van der Waals surface area contributed by atoms with Gasteiger partial charge in [-0.15, -0.1) is 0 Å². The van der Waals surface area contributed by atoms with Crippen LogP contribution in [0.3, 0.4) is 0 Å². The first kappa shape index (κ1) is 28.8. The number of fused-ring (bicyclic) bond motifs is 2. The zero-order valence-electron chi connectivity index (χ0n) is 23.5. The summed E-state index contributed by atoms with van der Waals surface area (Å²) in [6.45, 7) is -0.382. The molecule has 222 valence electrons. The predicted octanol–water partition coefficient (Wildman–Crippen LogP) is 5.02. The second kappa shape index (κ2) is 12.1. The SMILES string of the molecule is COc1ccc(CN(C(=O)CN2C(=O)C(=O)c3ccccc32)[C@@H](C(=O)Nc2ccc3c(c2)OCO3)c2ccc(Cl)cc2)cc1. The Hall–Kier alpha value is -5.35. The Balaban J connectivity index is 1.38. The van der Waals surface area contributed by atoms with Gasteiger partial charge in [-0.05, 0) is 59.7 Å². The molecule has 0 aromatic heterocycles. The number of methoxy groups -OCH3 is 1. The van der Waals surface area contributed by atoms with Crippen molar-refractivity contribution in [2.75, 3.05) is 30.7 Å². The standard InChI is InChI=1S/C33H26ClN3O7/c1-42-24-13-6-20(7-14-24)17-37(29(38)18-36-26-5-3-2-4-25(26)31(39)33(36)41)30(21-8-10-22(34)11-9-21)32(40)35-23-12-15-27-28(16-23)44-19-43-27/h2-16,30H,17-19H2,1H3,(H,35,40)/t30-/m1/s1. The smallest absolute Gasteiger partial charge is 0.299 e. The van der Waals surface area contributed by atoms with Crippen molar-refractivity contribution in [2.45, 2.75) is 12.6 Å². The quantitative estimate of drug-likeness (QED) is 0.265. The van der Waals surface area contributed by atoms with E-state index in [-0.39, 0.29) is 18.9 Å². The summed E-state index contributed by atoms with van der Waals surface area (Å²) in [6.07, 6.45) is 0. The molecule has 2 aliphatic heterocycles. The fourth-order valence-corrected chi connectivity index (χ4v) is 5.31. The summed E-state index contributed by atoms with van der Waals surface area (Å²) in [5.41, 5.74) is 2.19. The highest BCUT2D eigenvalue weighted by atomic mass is 35.5. The maximum absolute atomic E-state index is 14.2. The Kier molecular flexibility index (Phi) is 7.91. The van der Waals surface area contributed by atoms with E-state index in [1.54, 1.807) is 98.1 Å². The number of para-hydroxylation sites is 1. The van der Waals surface area contributed by atoms with Crippen LogP contribution < -0.4 is 24.4 Å². The number of hydrogen-bond donors (Lipinski definition) is 1. The fraction of sp³-hybridized carbons (Fsp3) is 0.152. The van der Waals surface area contributed by atoms with E-state index in [9.17, 15) is 19.2 Å². The zero-order chi connectivity index (χ0) is 30.8. The lowest BCUT2D eigenvalue weighted by molar-refractivity contribution is -0.139. The van der Waals surface area contributed by atoms with Crippen molar-refractivity contribution in [1.29, 1.82) is 0 Å². The second-order valence-corrected chi connectivity index (χ2v) is 10.6. The number of Topliss-reactive ketones (excluding diaryl/α,β-unsaturated/α-hetero) is 1. The van der Waals surface area contributed by atoms with E-state index in [1.807, 2.05) is 0 Å². The molecule has 44 heavy (non-hydrogen) atoms. The molecule has 0 radical (unpaired) electrons. The molecule has 2 aliphatic rings. The van der Waals surface area contributed by atoms with E-state index >= 15 is 0 Å². The van der Waals surface area contributed by atoms with Crippen molar-refractivity contribution in [3.63, 3.8) is 0 Å². The van der Waals surface area contributed by atoms with Gasteiger partial charge in [-0.1, -0.05) is 48.0 Å². The molecular formula is C33H26ClN3O7. The van der Waals surface area contributed by atoms with Gasteiger partial charge in [0.2, 0.25) is 12.7 Å². The average Bonchev–Trinajstić information content (AvgIpc) is 3.60. The predicted molar refractivity (Wildman–Crippen MR) is 162 cm³/mol. The number of benzene rings is 4. The molecule has 1 atom stereocenters. The molecule has 3 amide bonds. The monoisotopic (exact) mass is 611 g/mol. The Bertz CT molecular complexity index is 1760. The highest BCUT2D eigenvalue weighted by Gasteiger charge is 2.39. The molecule has 6 rings (SSSR count). The Morgan fingerprint density at radius 3 is 2.43 bits per heavy atom. The molecule has 0 fully saturated rings. The number of nitrogens with one attached hydrogen (secondary N) is 1. The third-order valence-corrected chi connectivity index (χ3v) is 7.64. The summed E-state index contributed by atoms with van der Waals surface area (Å²) < 4.78 is 16.1. The van der Waals surface area contributed by atoms with Gasteiger partial charge >= 0.3 is 0 Å². The van der Waals surface area contributed by atoms with E-state index in [2.05, 4.69) is 5.32 Å². The van der Waals surface area contributed by atoms with E-state index in [4.69, 9.17) is 25.8 Å². The third-order valence-electron chi connectivity index (χ3n) is 7.39. The molecule has 0 aliphatic carbocycles. The van der Waals surface area contributed by atoms with Gasteiger partial charge in [0.15, 0.2) is 11.5 Å². The number of carbonyl (C=O) groups is 4. The molecular weight excluding hydrogens is 586 g/mol. The van der Waals surface area contributed by atoms with Gasteiger partial charge in [-0.25, -0.2) is 0 Å². The Morgan fingerprint density at radius 1 is 0.955 bits per heavy atom. The largest absolute Gasteiger partial charge is 0.497 e. The first-order valence-electron chi connectivity index (χ1n) is 13.7. The first-order chi connectivity index (χ1) is 21.3. The van der Waals surface area contributed by atoms with Crippen molar-refractivity contribution in [3.05, 3.63) is 113 Å². The lowest BCUT2D eigenvalue weighted by Gasteiger charge is -2.33. The van der Waals surface area contributed by atoms with Crippen LogP contribution in [0.15, 0.2) is 91.0 Å². The summed E-state index contributed by atoms with van der Waals surface area (Å²) >= 11 is 6.18. The van der Waals surface area contributed by atoms with Crippen LogP contribution in [0.4, 0.5) is 11.4 Å². The minimum Gasteiger partial charge on any atom is -0.497 e. The molecule has 0 unspecified atom stereocenters. The van der Waals surface area contributed by atoms with Gasteiger partial charge in [-0.3, -0.25) is 24.1 Å². The maximum Gasteiger partial charge on any atom is 0.299 e. The summed E-state index contributed by atoms with van der Waals surface area (Å²) in [4.78, 5) is 56.5. The van der Waals surface area contributed by atoms with Crippen LogP contribution in [0.1, 0.15) is 27.5 Å². The molecule has 0 saturated heterocycles. The summed E-state index contributed by atoms with van der Waals surface area (Å²) in [5.74, 6) is -0.913. The van der Waals surface area contributed by atoms with E-state index < -0.39 is 36.1 Å². The number of rotatable bonds is 9. The van der Waals surface area contributed by atoms with Crippen LogP contribution in [-0.2, 0) is 20.9 Å². The maximum atomic E-state index is 14.2. The number of ether oxygens (including phenoxy) is 3. The summed E-state index contributed by atoms with van der Waals surface area (Å²) in [6, 6.07) is 24.0. The number of ketones is 1. The molecule has 0 saturated carbocycles. The molecule has 11 heteroatoms. The van der Waals surface area contributed by atoms with Crippen LogP contribution in [0, 0.1) is 0 Å². The number of anilines is 2. The highest BCUT2D eigenvalue weighted by molar-refractivity contribution is 6.52. The lowest BCUT2D eigenvalue weighted by Crippen LogP contribution is -2.46. The molecule has 4 aromatic carbocycles. The Labute approximate surface area is 257 Å². The van der Waals surface area contributed by atoms with E-state index in [0.717, 1.165) is 4.90 Å². The van der Waals surface area contributed by atoms with E-state index in [1.165, 1.54) is 4.90 Å². The van der Waals surface area contributed by atoms with Crippen LogP contribution in [0.25, 0.3) is 0 Å². The van der Waals surface area contributed by atoms with Crippen molar-refractivity contribution >= 4 is 46.5 Å². The first-order valence-corrected chi connectivity index (χ1v) is 14.0. The number of nitrogens with zero attached hydrogens (tertiary/aromatic N) is 2. The van der Waals surface area contributed by atoms with Gasteiger partial charge in [0.05, 0.1) is 18.4 Å². The van der Waals surface area contributed by atoms with Gasteiger partial charge in [0.25, 0.3) is 17.6 Å². The number of amides is 3. The van der Waals surface area contributed by atoms with Crippen LogP contribution in [0.5, 0.6) is 17.2 Å². The highest BCUT2D eigenvalue weighted by Crippen LogP contribution is 2.35. The molecule has 2 heterocycles. The minimum atomic E-state index is -1.16. The second-order valence-electron chi connectivity index (χ2n) is 10.1. The van der Waals surface area contributed by atoms with Crippen LogP contribution in [0.2, 0.25) is 5.02 Å². The molecule has 10 nitrogen and oxygen atoms in total. The molecule has 0 spiro atoms. The van der Waals surface area contributed by atoms with Gasteiger partial charge in [0, 0.05) is 23.3 Å². The van der Waals surface area contributed by atoms with Crippen LogP contribution >= 0.6 is 11.6 Å². The minimum absolute atomic E-state index is 0.00229. The number of hydrogen-bond acceptors (Lipinski definition) is 7. The van der Waals surface area contributed by atoms with Gasteiger partial charge in [0.1, 0.15) is 18.3 Å². The van der Waals surface area contributed by atoms with Crippen LogP contribution in [-0.4, -0.2) is 48.9 Å². The summed E-state index contributed by atoms with van der Waals surface area (Å²) in [5, 5.41) is 3.35. The van der Waals surface area contributed by atoms with Gasteiger partial charge in [-0.2, -0.15) is 0 Å². The molecule has 0 bridgehead atoms. The number of halogens is 1. The fourth-order valence-electron chi connectivity index (χ4n) is 5.19. The molecule has 1 N–H and O–H groups in total. The topological polar surface area (TPSA) is 114 Å². The van der Waals surface area contributed by atoms with Gasteiger partial charge < -0.3 is 24.4 Å². The third kappa shape index (κ3) is 5.67. The lowest BCUT2D eigenvalue weighted by atomic mass is 10.0. The normalized spacial score (nSPS) is 13.8. The molecule has 4 aromatic rings. The zero-order valence-corrected chi connectivity index (χ0v) is 24.2. The van der Waals surface area contributed by atoms with Crippen molar-refractivity contribution in [3.8, 4) is 17.2 Å². The summed E-state index contributed by atoms with van der Waals surface area (Å²) in [7, 11) is 1.55. The van der Waals surface area contributed by atoms with Crippen molar-refractivity contribution < 1.29 is 33.4 Å². The van der Waals surface area contributed by atoms with Crippen molar-refractivity contribution in [2.24, 2.45) is 0 Å². The average molecular weight is 612 g/mol. The van der Waals surface area contributed by atoms with E-state index in [0.29, 0.717) is 44.8 Å². The van der Waals surface area contributed by atoms with Crippen molar-refractivity contribution in [1.82, 2.24) is 4.90 Å².